The molecule has 154 valence electrons. The summed E-state index contributed by atoms with van der Waals surface area (Å²) in [4.78, 5) is 13.0. The van der Waals surface area contributed by atoms with Crippen molar-refractivity contribution in [3.63, 3.8) is 0 Å². The molecule has 1 N–H and O–H groups in total. The van der Waals surface area contributed by atoms with Gasteiger partial charge in [-0.15, -0.1) is 0 Å². The maximum absolute atomic E-state index is 13.3. The summed E-state index contributed by atoms with van der Waals surface area (Å²) in [6, 6.07) is 13.4. The van der Waals surface area contributed by atoms with Gasteiger partial charge < -0.3 is 5.32 Å². The third kappa shape index (κ3) is 4.14. The fourth-order valence-electron chi connectivity index (χ4n) is 4.58. The number of halogens is 1. The highest BCUT2D eigenvalue weighted by molar-refractivity contribution is 7.92. The van der Waals surface area contributed by atoms with Gasteiger partial charge in [-0.25, -0.2) is 8.42 Å². The Morgan fingerprint density at radius 1 is 1.14 bits per heavy atom. The van der Waals surface area contributed by atoms with Crippen molar-refractivity contribution >= 4 is 33.2 Å². The fourth-order valence-corrected chi connectivity index (χ4v) is 6.18. The highest BCUT2D eigenvalue weighted by atomic mass is 35.5. The summed E-state index contributed by atoms with van der Waals surface area (Å²) in [6.45, 7) is 1.58. The molecule has 0 spiro atoms. The molecule has 29 heavy (non-hydrogen) atoms. The molecule has 4 rings (SSSR count). The predicted octanol–water partition coefficient (Wildman–Crippen LogP) is 4.15. The number of hydrogen-bond donors (Lipinski definition) is 1. The van der Waals surface area contributed by atoms with Gasteiger partial charge in [0.2, 0.25) is 5.91 Å². The number of amides is 1. The molecule has 0 heterocycles. The zero-order chi connectivity index (χ0) is 20.6. The lowest BCUT2D eigenvalue weighted by Crippen LogP contribution is -2.46. The van der Waals surface area contributed by atoms with Crippen molar-refractivity contribution in [2.45, 2.75) is 43.5 Å². The molecule has 2 aliphatic rings. The first kappa shape index (κ1) is 20.2. The molecule has 0 aromatic heterocycles. The van der Waals surface area contributed by atoms with Crippen LogP contribution >= 0.6 is 11.6 Å². The molecule has 0 aliphatic heterocycles. The molecule has 0 saturated heterocycles. The molecule has 2 aliphatic carbocycles. The van der Waals surface area contributed by atoms with Crippen molar-refractivity contribution in [3.05, 3.63) is 59.1 Å². The van der Waals surface area contributed by atoms with Crippen molar-refractivity contribution < 1.29 is 13.2 Å². The van der Waals surface area contributed by atoms with E-state index in [4.69, 9.17) is 11.6 Å². The van der Waals surface area contributed by atoms with E-state index in [1.165, 1.54) is 25.0 Å². The SMILES string of the molecule is Cc1ccc(N(CC(=O)N[C@H]2C[C@H]3CC[C@H]2C3)S(=O)(=O)c2ccccc2)cc1Cl. The summed E-state index contributed by atoms with van der Waals surface area (Å²) in [5.41, 5.74) is 1.23. The largest absolute Gasteiger partial charge is 0.352 e. The van der Waals surface area contributed by atoms with Crippen LogP contribution in [0, 0.1) is 18.8 Å². The molecule has 2 aromatic rings. The Bertz CT molecular complexity index is 1010. The van der Waals surface area contributed by atoms with Gasteiger partial charge in [-0.1, -0.05) is 42.3 Å². The molecule has 2 fully saturated rings. The van der Waals surface area contributed by atoms with Crippen molar-refractivity contribution in [2.75, 3.05) is 10.8 Å². The van der Waals surface area contributed by atoms with Gasteiger partial charge in [-0.3, -0.25) is 9.10 Å². The molecular formula is C22H25ClN2O3S. The highest BCUT2D eigenvalue weighted by Gasteiger charge is 2.40. The molecule has 2 saturated carbocycles. The Kier molecular flexibility index (Phi) is 5.58. The summed E-state index contributed by atoms with van der Waals surface area (Å²) in [6.07, 6.45) is 4.56. The van der Waals surface area contributed by atoms with Gasteiger partial charge in [0.1, 0.15) is 6.54 Å². The van der Waals surface area contributed by atoms with E-state index >= 15 is 0 Å². The minimum atomic E-state index is -3.91. The predicted molar refractivity (Wildman–Crippen MR) is 115 cm³/mol. The van der Waals surface area contributed by atoms with Gasteiger partial charge in [0, 0.05) is 11.1 Å². The van der Waals surface area contributed by atoms with E-state index in [0.717, 1.165) is 22.7 Å². The fraction of sp³-hybridized carbons (Fsp3) is 0.409. The molecule has 3 atom stereocenters. The molecule has 5 nitrogen and oxygen atoms in total. The lowest BCUT2D eigenvalue weighted by molar-refractivity contribution is -0.120. The topological polar surface area (TPSA) is 66.5 Å². The highest BCUT2D eigenvalue weighted by Crippen LogP contribution is 2.44. The molecule has 0 radical (unpaired) electrons. The smallest absolute Gasteiger partial charge is 0.264 e. The minimum Gasteiger partial charge on any atom is -0.352 e. The number of carbonyl (C=O) groups is 1. The van der Waals surface area contributed by atoms with Crippen molar-refractivity contribution in [1.82, 2.24) is 5.32 Å². The van der Waals surface area contributed by atoms with Gasteiger partial charge in [0.25, 0.3) is 10.0 Å². The third-order valence-electron chi connectivity index (χ3n) is 6.15. The van der Waals surface area contributed by atoms with Crippen molar-refractivity contribution in [2.24, 2.45) is 11.8 Å². The number of hydrogen-bond acceptors (Lipinski definition) is 3. The van der Waals surface area contributed by atoms with E-state index in [1.54, 1.807) is 36.4 Å². The van der Waals surface area contributed by atoms with E-state index in [9.17, 15) is 13.2 Å². The summed E-state index contributed by atoms with van der Waals surface area (Å²) < 4.78 is 27.8. The zero-order valence-electron chi connectivity index (χ0n) is 16.3. The number of carbonyl (C=O) groups excluding carboxylic acids is 1. The maximum atomic E-state index is 13.3. The minimum absolute atomic E-state index is 0.143. The molecule has 2 aromatic carbocycles. The quantitative estimate of drug-likeness (QED) is 0.745. The Labute approximate surface area is 177 Å². The summed E-state index contributed by atoms with van der Waals surface area (Å²) in [5, 5.41) is 3.54. The van der Waals surface area contributed by atoms with Gasteiger partial charge in [0.05, 0.1) is 10.6 Å². The molecule has 0 unspecified atom stereocenters. The van der Waals surface area contributed by atoms with Crippen LogP contribution in [-0.4, -0.2) is 26.9 Å². The van der Waals surface area contributed by atoms with Gasteiger partial charge >= 0.3 is 0 Å². The van der Waals surface area contributed by atoms with E-state index in [1.807, 2.05) is 6.92 Å². The summed E-state index contributed by atoms with van der Waals surface area (Å²) >= 11 is 6.25. The van der Waals surface area contributed by atoms with E-state index < -0.39 is 10.0 Å². The van der Waals surface area contributed by atoms with Gasteiger partial charge in [-0.05, 0) is 67.9 Å². The second-order valence-corrected chi connectivity index (χ2v) is 10.4. The van der Waals surface area contributed by atoms with Crippen LogP contribution in [0.2, 0.25) is 5.02 Å². The molecule has 1 amide bonds. The third-order valence-corrected chi connectivity index (χ3v) is 8.34. The summed E-state index contributed by atoms with van der Waals surface area (Å²) in [7, 11) is -3.91. The van der Waals surface area contributed by atoms with Crippen LogP contribution in [0.25, 0.3) is 0 Å². The van der Waals surface area contributed by atoms with E-state index in [-0.39, 0.29) is 23.4 Å². The van der Waals surface area contributed by atoms with Crippen LogP contribution in [0.4, 0.5) is 5.69 Å². The molecular weight excluding hydrogens is 408 g/mol. The number of rotatable bonds is 6. The first-order chi connectivity index (χ1) is 13.8. The van der Waals surface area contributed by atoms with Gasteiger partial charge in [0.15, 0.2) is 0 Å². The number of fused-ring (bicyclic) bond motifs is 2. The number of sulfonamides is 1. The first-order valence-corrected chi connectivity index (χ1v) is 11.8. The average Bonchev–Trinajstić information content (AvgIpc) is 3.32. The van der Waals surface area contributed by atoms with Crippen LogP contribution in [0.1, 0.15) is 31.2 Å². The van der Waals surface area contributed by atoms with E-state index in [0.29, 0.717) is 22.5 Å². The first-order valence-electron chi connectivity index (χ1n) is 9.98. The maximum Gasteiger partial charge on any atom is 0.264 e. The number of nitrogens with zero attached hydrogens (tertiary/aromatic N) is 1. The lowest BCUT2D eigenvalue weighted by Gasteiger charge is -2.27. The number of nitrogens with one attached hydrogen (secondary N) is 1. The van der Waals surface area contributed by atoms with Crippen molar-refractivity contribution in [1.29, 1.82) is 0 Å². The second kappa shape index (κ2) is 8.00. The number of aryl methyl sites for hydroxylation is 1. The Hall–Kier alpha value is -2.05. The number of anilines is 1. The lowest BCUT2D eigenvalue weighted by atomic mass is 9.95. The Balaban J connectivity index is 1.61. The molecule has 2 bridgehead atoms. The zero-order valence-corrected chi connectivity index (χ0v) is 17.9. The molecule has 7 heteroatoms. The Morgan fingerprint density at radius 2 is 1.90 bits per heavy atom. The average molecular weight is 433 g/mol. The van der Waals surface area contributed by atoms with Crippen LogP contribution < -0.4 is 9.62 Å². The second-order valence-electron chi connectivity index (χ2n) is 8.11. The van der Waals surface area contributed by atoms with Crippen molar-refractivity contribution in [3.8, 4) is 0 Å². The normalized spacial score (nSPS) is 23.2. The standard InChI is InChI=1S/C22H25ClN2O3S/c1-15-7-10-18(13-20(15)23)25(29(27,28)19-5-3-2-4-6-19)14-22(26)24-21-12-16-8-9-17(21)11-16/h2-7,10,13,16-17,21H,8-9,11-12,14H2,1H3,(H,24,26)/t16-,17-,21-/m0/s1. The van der Waals surface area contributed by atoms with Gasteiger partial charge in [-0.2, -0.15) is 0 Å². The van der Waals surface area contributed by atoms with Crippen LogP contribution in [0.15, 0.2) is 53.4 Å². The Morgan fingerprint density at radius 3 is 2.52 bits per heavy atom. The van der Waals surface area contributed by atoms with Crippen LogP contribution in [0.5, 0.6) is 0 Å². The summed E-state index contributed by atoms with van der Waals surface area (Å²) in [5.74, 6) is 0.945. The van der Waals surface area contributed by atoms with Crippen LogP contribution in [0.3, 0.4) is 0 Å². The van der Waals surface area contributed by atoms with Crippen LogP contribution in [-0.2, 0) is 14.8 Å². The monoisotopic (exact) mass is 432 g/mol. The van der Waals surface area contributed by atoms with E-state index in [2.05, 4.69) is 5.32 Å². The number of benzene rings is 2.